The van der Waals surface area contributed by atoms with Crippen LogP contribution in [-0.2, 0) is 0 Å². The van der Waals surface area contributed by atoms with Crippen LogP contribution in [0.1, 0.15) is 10.5 Å². The van der Waals surface area contributed by atoms with Gasteiger partial charge in [-0.3, -0.25) is 4.79 Å². The molecule has 0 saturated carbocycles. The van der Waals surface area contributed by atoms with Crippen molar-refractivity contribution in [3.8, 4) is 5.82 Å². The first-order valence-corrected chi connectivity index (χ1v) is 5.05. The summed E-state index contributed by atoms with van der Waals surface area (Å²) < 4.78 is 1.37. The van der Waals surface area contributed by atoms with Crippen molar-refractivity contribution in [2.45, 2.75) is 0 Å². The number of anilines is 1. The summed E-state index contributed by atoms with van der Waals surface area (Å²) in [5.74, 6) is 0.168. The topological polar surface area (TPSA) is 98.7 Å². The van der Waals surface area contributed by atoms with Crippen molar-refractivity contribution >= 4 is 23.5 Å². The Hall–Kier alpha value is -2.15. The van der Waals surface area contributed by atoms with Crippen LogP contribution in [0.2, 0.25) is 5.02 Å². The number of carbonyl (C=O) groups excluding carboxylic acids is 1. The van der Waals surface area contributed by atoms with E-state index in [1.807, 2.05) is 0 Å². The second-order valence-corrected chi connectivity index (χ2v) is 3.53. The lowest BCUT2D eigenvalue weighted by Crippen LogP contribution is -2.12. The van der Waals surface area contributed by atoms with Crippen molar-refractivity contribution in [3.05, 3.63) is 29.2 Å². The average molecular weight is 253 g/mol. The van der Waals surface area contributed by atoms with Gasteiger partial charge in [0.05, 0.1) is 6.20 Å². The summed E-state index contributed by atoms with van der Waals surface area (Å²) in [5, 5.41) is 7.06. The molecule has 0 saturated heterocycles. The number of amides is 1. The van der Waals surface area contributed by atoms with E-state index < -0.39 is 5.91 Å². The highest BCUT2D eigenvalue weighted by Crippen LogP contribution is 2.17. The molecule has 0 fully saturated rings. The second kappa shape index (κ2) is 4.38. The molecule has 2 aromatic heterocycles. The predicted molar refractivity (Wildman–Crippen MR) is 62.2 cm³/mol. The van der Waals surface area contributed by atoms with E-state index in [2.05, 4.69) is 20.4 Å². The van der Waals surface area contributed by atoms with Crippen LogP contribution >= 0.6 is 11.6 Å². The smallest absolute Gasteiger partial charge is 0.269 e. The van der Waals surface area contributed by atoms with Gasteiger partial charge >= 0.3 is 0 Å². The van der Waals surface area contributed by atoms with Crippen molar-refractivity contribution in [1.82, 2.24) is 19.7 Å². The molecular formula is C9H9ClN6O. The molecule has 7 nitrogen and oxygen atoms in total. The van der Waals surface area contributed by atoms with Gasteiger partial charge in [0.15, 0.2) is 5.82 Å². The second-order valence-electron chi connectivity index (χ2n) is 3.12. The third-order valence-electron chi connectivity index (χ3n) is 2.01. The summed E-state index contributed by atoms with van der Waals surface area (Å²) in [7, 11) is 1.69. The van der Waals surface area contributed by atoms with E-state index in [4.69, 9.17) is 17.3 Å². The van der Waals surface area contributed by atoms with Gasteiger partial charge in [0, 0.05) is 13.2 Å². The molecule has 0 aliphatic rings. The minimum Gasteiger partial charge on any atom is -0.364 e. The molecule has 0 spiro atoms. The molecule has 0 radical (unpaired) electrons. The Morgan fingerprint density at radius 2 is 2.35 bits per heavy atom. The molecule has 2 heterocycles. The molecule has 0 atom stereocenters. The molecule has 2 rings (SSSR count). The van der Waals surface area contributed by atoms with E-state index in [-0.39, 0.29) is 5.69 Å². The van der Waals surface area contributed by atoms with E-state index >= 15 is 0 Å². The Kier molecular flexibility index (Phi) is 2.92. The number of hydrogen-bond acceptors (Lipinski definition) is 5. The van der Waals surface area contributed by atoms with E-state index in [1.165, 1.54) is 16.9 Å². The van der Waals surface area contributed by atoms with E-state index in [1.54, 1.807) is 13.2 Å². The number of hydrogen-bond donors (Lipinski definition) is 2. The fourth-order valence-electron chi connectivity index (χ4n) is 1.21. The molecule has 3 N–H and O–H groups in total. The Morgan fingerprint density at radius 1 is 1.59 bits per heavy atom. The molecule has 8 heteroatoms. The predicted octanol–water partition coefficient (Wildman–Crippen LogP) is 0.456. The van der Waals surface area contributed by atoms with Gasteiger partial charge in [0.1, 0.15) is 10.7 Å². The van der Waals surface area contributed by atoms with Crippen LogP contribution in [0.15, 0.2) is 18.5 Å². The van der Waals surface area contributed by atoms with Crippen LogP contribution in [0.5, 0.6) is 0 Å². The monoisotopic (exact) mass is 252 g/mol. The zero-order valence-electron chi connectivity index (χ0n) is 8.88. The standard InChI is InChI=1S/C9H9ClN6O/c1-12-9-13-4-5(10)8(14-9)16-3-2-6(15-16)7(11)17/h2-4H,1H3,(H2,11,17)(H,12,13,14). The third-order valence-corrected chi connectivity index (χ3v) is 2.27. The highest BCUT2D eigenvalue weighted by atomic mass is 35.5. The molecule has 0 bridgehead atoms. The lowest BCUT2D eigenvalue weighted by molar-refractivity contribution is 0.0995. The summed E-state index contributed by atoms with van der Waals surface area (Å²) >= 11 is 5.95. The first-order chi connectivity index (χ1) is 8.11. The lowest BCUT2D eigenvalue weighted by atomic mass is 10.4. The van der Waals surface area contributed by atoms with Crippen molar-refractivity contribution in [1.29, 1.82) is 0 Å². The Morgan fingerprint density at radius 3 is 2.94 bits per heavy atom. The molecular weight excluding hydrogens is 244 g/mol. The molecule has 17 heavy (non-hydrogen) atoms. The number of aromatic nitrogens is 4. The number of nitrogens with two attached hydrogens (primary N) is 1. The molecule has 2 aromatic rings. The highest BCUT2D eigenvalue weighted by Gasteiger charge is 2.10. The number of nitrogens with one attached hydrogen (secondary N) is 1. The largest absolute Gasteiger partial charge is 0.364 e. The zero-order chi connectivity index (χ0) is 12.4. The fraction of sp³-hybridized carbons (Fsp3) is 0.111. The summed E-state index contributed by atoms with van der Waals surface area (Å²) in [5.41, 5.74) is 5.25. The van der Waals surface area contributed by atoms with Gasteiger partial charge in [-0.15, -0.1) is 0 Å². The van der Waals surface area contributed by atoms with Crippen molar-refractivity contribution in [3.63, 3.8) is 0 Å². The first-order valence-electron chi connectivity index (χ1n) is 4.68. The molecule has 88 valence electrons. The summed E-state index contributed by atoms with van der Waals surface area (Å²) in [6, 6.07) is 1.49. The number of rotatable bonds is 3. The zero-order valence-corrected chi connectivity index (χ0v) is 9.64. The molecule has 0 aliphatic heterocycles. The normalized spacial score (nSPS) is 10.2. The number of carbonyl (C=O) groups is 1. The van der Waals surface area contributed by atoms with Gasteiger partial charge < -0.3 is 11.1 Å². The SMILES string of the molecule is CNc1ncc(Cl)c(-n2ccc(C(N)=O)n2)n1. The maximum Gasteiger partial charge on any atom is 0.269 e. The first kappa shape index (κ1) is 11.3. The number of halogens is 1. The lowest BCUT2D eigenvalue weighted by Gasteiger charge is -2.04. The van der Waals surface area contributed by atoms with Gasteiger partial charge in [-0.25, -0.2) is 9.67 Å². The number of nitrogens with zero attached hydrogens (tertiary/aromatic N) is 4. The van der Waals surface area contributed by atoms with Crippen LogP contribution < -0.4 is 11.1 Å². The molecule has 0 aromatic carbocycles. The Labute approximate surface area is 102 Å². The van der Waals surface area contributed by atoms with Gasteiger partial charge in [-0.1, -0.05) is 11.6 Å². The van der Waals surface area contributed by atoms with Crippen LogP contribution in [-0.4, -0.2) is 32.7 Å². The minimum absolute atomic E-state index is 0.144. The van der Waals surface area contributed by atoms with Crippen LogP contribution in [0.4, 0.5) is 5.95 Å². The van der Waals surface area contributed by atoms with Crippen molar-refractivity contribution in [2.24, 2.45) is 5.73 Å². The Balaban J connectivity index is 2.47. The molecule has 0 unspecified atom stereocenters. The average Bonchev–Trinajstić information content (AvgIpc) is 2.79. The van der Waals surface area contributed by atoms with Crippen LogP contribution in [0, 0.1) is 0 Å². The quantitative estimate of drug-likeness (QED) is 0.827. The van der Waals surface area contributed by atoms with Crippen LogP contribution in [0.3, 0.4) is 0 Å². The van der Waals surface area contributed by atoms with Crippen molar-refractivity contribution in [2.75, 3.05) is 12.4 Å². The van der Waals surface area contributed by atoms with Gasteiger partial charge in [-0.2, -0.15) is 10.1 Å². The Bertz CT molecular complexity index is 566. The molecule has 1 amide bonds. The summed E-state index contributed by atoms with van der Waals surface area (Å²) in [4.78, 5) is 19.0. The van der Waals surface area contributed by atoms with E-state index in [0.29, 0.717) is 16.8 Å². The van der Waals surface area contributed by atoms with E-state index in [0.717, 1.165) is 0 Å². The fourth-order valence-corrected chi connectivity index (χ4v) is 1.39. The molecule has 0 aliphatic carbocycles. The highest BCUT2D eigenvalue weighted by molar-refractivity contribution is 6.32. The van der Waals surface area contributed by atoms with E-state index in [9.17, 15) is 4.79 Å². The number of primary amides is 1. The van der Waals surface area contributed by atoms with Gasteiger partial charge in [0.25, 0.3) is 5.91 Å². The minimum atomic E-state index is -0.609. The van der Waals surface area contributed by atoms with Gasteiger partial charge in [0.2, 0.25) is 5.95 Å². The third kappa shape index (κ3) is 2.18. The van der Waals surface area contributed by atoms with Crippen molar-refractivity contribution < 1.29 is 4.79 Å². The maximum atomic E-state index is 10.9. The summed E-state index contributed by atoms with van der Waals surface area (Å²) in [6.07, 6.45) is 3.00. The van der Waals surface area contributed by atoms with Crippen LogP contribution in [0.25, 0.3) is 5.82 Å². The maximum absolute atomic E-state index is 10.9. The summed E-state index contributed by atoms with van der Waals surface area (Å²) in [6.45, 7) is 0. The van der Waals surface area contributed by atoms with Gasteiger partial charge in [-0.05, 0) is 6.07 Å².